The predicted molar refractivity (Wildman–Crippen MR) is 117 cm³/mol. The van der Waals surface area contributed by atoms with Gasteiger partial charge in [0, 0.05) is 10.4 Å². The summed E-state index contributed by atoms with van der Waals surface area (Å²) in [6.07, 6.45) is 0. The van der Waals surface area contributed by atoms with Gasteiger partial charge in [0.15, 0.2) is 5.92 Å². The van der Waals surface area contributed by atoms with Crippen molar-refractivity contribution in [2.75, 3.05) is 6.61 Å². The molecule has 0 radical (unpaired) electrons. The van der Waals surface area contributed by atoms with Crippen molar-refractivity contribution >= 4 is 27.9 Å². The van der Waals surface area contributed by atoms with Crippen molar-refractivity contribution in [2.45, 2.75) is 12.0 Å². The lowest BCUT2D eigenvalue weighted by atomic mass is 9.93. The number of hydrogen-bond donors (Lipinski definition) is 2. The molecule has 2 atom stereocenters. The summed E-state index contributed by atoms with van der Waals surface area (Å²) in [4.78, 5) is 24.7. The van der Waals surface area contributed by atoms with E-state index in [9.17, 15) is 14.7 Å². The van der Waals surface area contributed by atoms with Crippen molar-refractivity contribution in [3.05, 3.63) is 94.0 Å². The Morgan fingerprint density at radius 1 is 0.933 bits per heavy atom. The number of halogens is 1. The van der Waals surface area contributed by atoms with Gasteiger partial charge in [0.1, 0.15) is 6.61 Å². The summed E-state index contributed by atoms with van der Waals surface area (Å²) in [7, 11) is 0. The predicted octanol–water partition coefficient (Wildman–Crippen LogP) is 4.51. The van der Waals surface area contributed by atoms with Gasteiger partial charge in [-0.3, -0.25) is 9.59 Å². The number of carboxylic acid groups (broad SMARTS) is 1. The molecular weight excluding hydrogens is 446 g/mol. The molecule has 1 unspecified atom stereocenters. The summed E-state index contributed by atoms with van der Waals surface area (Å²) in [5, 5.41) is 9.68. The van der Waals surface area contributed by atoms with Crippen LogP contribution >= 0.6 is 15.9 Å². The molecule has 1 aliphatic rings. The van der Waals surface area contributed by atoms with E-state index in [0.717, 1.165) is 22.3 Å². The Morgan fingerprint density at radius 2 is 1.47 bits per heavy atom. The van der Waals surface area contributed by atoms with Crippen LogP contribution in [0.4, 0.5) is 0 Å². The van der Waals surface area contributed by atoms with E-state index in [1.54, 1.807) is 24.3 Å². The first-order chi connectivity index (χ1) is 14.5. The van der Waals surface area contributed by atoms with Crippen LogP contribution < -0.4 is 5.73 Å². The van der Waals surface area contributed by atoms with Crippen LogP contribution in [-0.2, 0) is 14.3 Å². The molecule has 5 nitrogen and oxygen atoms in total. The number of hydrogen-bond acceptors (Lipinski definition) is 4. The average Bonchev–Trinajstić information content (AvgIpc) is 3.06. The first-order valence-corrected chi connectivity index (χ1v) is 10.4. The molecule has 4 rings (SSSR count). The van der Waals surface area contributed by atoms with E-state index in [-0.39, 0.29) is 12.5 Å². The molecule has 0 spiro atoms. The highest BCUT2D eigenvalue weighted by molar-refractivity contribution is 9.10. The number of aliphatic carboxylic acids is 1. The normalized spacial score (nSPS) is 14.5. The van der Waals surface area contributed by atoms with Gasteiger partial charge in [-0.25, -0.2) is 0 Å². The van der Waals surface area contributed by atoms with Crippen LogP contribution in [-0.4, -0.2) is 23.7 Å². The molecule has 3 N–H and O–H groups in total. The molecular formula is C24H20BrNO4. The van der Waals surface area contributed by atoms with E-state index in [0.29, 0.717) is 10.0 Å². The van der Waals surface area contributed by atoms with Crippen LogP contribution in [0, 0.1) is 5.92 Å². The monoisotopic (exact) mass is 465 g/mol. The van der Waals surface area contributed by atoms with Gasteiger partial charge < -0.3 is 15.6 Å². The SMILES string of the molecule is NC(c1ccccc1Br)[C@H](C(=O)O)C(=O)OCC1c2ccccc2-c2ccccc21. The number of nitrogens with two attached hydrogens (primary N) is 1. The lowest BCUT2D eigenvalue weighted by Crippen LogP contribution is -2.36. The zero-order chi connectivity index (χ0) is 21.3. The number of ether oxygens (including phenoxy) is 1. The van der Waals surface area contributed by atoms with Crippen molar-refractivity contribution in [1.82, 2.24) is 0 Å². The minimum Gasteiger partial charge on any atom is -0.481 e. The molecule has 0 bridgehead atoms. The molecule has 0 aromatic heterocycles. The fourth-order valence-corrected chi connectivity index (χ4v) is 4.57. The smallest absolute Gasteiger partial charge is 0.322 e. The van der Waals surface area contributed by atoms with Gasteiger partial charge in [0.05, 0.1) is 6.04 Å². The standard InChI is InChI=1S/C24H20BrNO4/c25-20-12-6-5-11-18(20)22(26)21(23(27)28)24(29)30-13-19-16-9-3-1-7-14(16)15-8-2-4-10-17(15)19/h1-12,19,21-22H,13,26H2,(H,27,28)/t21-,22?/m1/s1. The molecule has 152 valence electrons. The lowest BCUT2D eigenvalue weighted by molar-refractivity contribution is -0.160. The fraction of sp³-hybridized carbons (Fsp3) is 0.167. The van der Waals surface area contributed by atoms with Gasteiger partial charge in [0.2, 0.25) is 0 Å². The van der Waals surface area contributed by atoms with Crippen molar-refractivity contribution in [1.29, 1.82) is 0 Å². The third kappa shape index (κ3) is 3.64. The Hall–Kier alpha value is -2.96. The summed E-state index contributed by atoms with van der Waals surface area (Å²) in [5.74, 6) is -3.80. The highest BCUT2D eigenvalue weighted by atomic mass is 79.9. The second-order valence-electron chi connectivity index (χ2n) is 7.22. The van der Waals surface area contributed by atoms with Crippen LogP contribution in [0.5, 0.6) is 0 Å². The van der Waals surface area contributed by atoms with Gasteiger partial charge in [-0.15, -0.1) is 0 Å². The molecule has 1 aliphatic carbocycles. The Morgan fingerprint density at radius 3 is 2.03 bits per heavy atom. The Labute approximate surface area is 182 Å². The molecule has 0 fully saturated rings. The molecule has 0 amide bonds. The number of benzene rings is 3. The summed E-state index contributed by atoms with van der Waals surface area (Å²) in [5.41, 5.74) is 11.0. The minimum absolute atomic E-state index is 0.0549. The number of rotatable bonds is 6. The van der Waals surface area contributed by atoms with Crippen molar-refractivity contribution in [2.24, 2.45) is 11.7 Å². The number of carboxylic acids is 1. The molecule has 0 aliphatic heterocycles. The number of fused-ring (bicyclic) bond motifs is 3. The van der Waals surface area contributed by atoms with Gasteiger partial charge in [-0.05, 0) is 33.9 Å². The number of esters is 1. The summed E-state index contributed by atoms with van der Waals surface area (Å²) in [6.45, 7) is 0.0549. The van der Waals surface area contributed by atoms with Gasteiger partial charge in [-0.1, -0.05) is 82.7 Å². The molecule has 0 heterocycles. The van der Waals surface area contributed by atoms with E-state index in [2.05, 4.69) is 15.9 Å². The van der Waals surface area contributed by atoms with Gasteiger partial charge >= 0.3 is 11.9 Å². The third-order valence-corrected chi connectivity index (χ3v) is 6.22. The highest BCUT2D eigenvalue weighted by Crippen LogP contribution is 2.44. The summed E-state index contributed by atoms with van der Waals surface area (Å²) < 4.78 is 6.18. The van der Waals surface area contributed by atoms with E-state index in [4.69, 9.17) is 10.5 Å². The second-order valence-corrected chi connectivity index (χ2v) is 8.07. The van der Waals surface area contributed by atoms with Crippen molar-refractivity contribution in [3.8, 4) is 11.1 Å². The first kappa shape index (κ1) is 20.3. The zero-order valence-corrected chi connectivity index (χ0v) is 17.6. The number of carbonyl (C=O) groups excluding carboxylic acids is 1. The fourth-order valence-electron chi connectivity index (χ4n) is 4.02. The van der Waals surface area contributed by atoms with Crippen molar-refractivity contribution < 1.29 is 19.4 Å². The zero-order valence-electron chi connectivity index (χ0n) is 16.0. The topological polar surface area (TPSA) is 89.6 Å². The second kappa shape index (κ2) is 8.42. The maximum atomic E-state index is 12.8. The maximum Gasteiger partial charge on any atom is 0.322 e. The van der Waals surface area contributed by atoms with Gasteiger partial charge in [0.25, 0.3) is 0 Å². The van der Waals surface area contributed by atoms with Gasteiger partial charge in [-0.2, -0.15) is 0 Å². The Balaban J connectivity index is 1.56. The molecule has 6 heteroatoms. The van der Waals surface area contributed by atoms with E-state index in [1.807, 2.05) is 48.5 Å². The molecule has 3 aromatic carbocycles. The average molecular weight is 466 g/mol. The quantitative estimate of drug-likeness (QED) is 0.412. The first-order valence-electron chi connectivity index (χ1n) is 9.56. The largest absolute Gasteiger partial charge is 0.481 e. The maximum absolute atomic E-state index is 12.8. The van der Waals surface area contributed by atoms with Crippen LogP contribution in [0.2, 0.25) is 0 Å². The lowest BCUT2D eigenvalue weighted by Gasteiger charge is -2.22. The van der Waals surface area contributed by atoms with Crippen LogP contribution in [0.1, 0.15) is 28.7 Å². The molecule has 3 aromatic rings. The molecule has 0 saturated heterocycles. The molecule has 0 saturated carbocycles. The van der Waals surface area contributed by atoms with E-state index in [1.165, 1.54) is 0 Å². The Bertz CT molecular complexity index is 1070. The molecule has 30 heavy (non-hydrogen) atoms. The van der Waals surface area contributed by atoms with E-state index < -0.39 is 23.9 Å². The highest BCUT2D eigenvalue weighted by Gasteiger charge is 2.37. The third-order valence-electron chi connectivity index (χ3n) is 5.50. The van der Waals surface area contributed by atoms with Crippen LogP contribution in [0.15, 0.2) is 77.3 Å². The van der Waals surface area contributed by atoms with Crippen LogP contribution in [0.25, 0.3) is 11.1 Å². The Kier molecular flexibility index (Phi) is 5.70. The van der Waals surface area contributed by atoms with Crippen molar-refractivity contribution in [3.63, 3.8) is 0 Å². The number of carbonyl (C=O) groups is 2. The van der Waals surface area contributed by atoms with E-state index >= 15 is 0 Å². The summed E-state index contributed by atoms with van der Waals surface area (Å²) in [6, 6.07) is 21.9. The minimum atomic E-state index is -1.50. The summed E-state index contributed by atoms with van der Waals surface area (Å²) >= 11 is 3.37. The van der Waals surface area contributed by atoms with Crippen LogP contribution in [0.3, 0.4) is 0 Å².